The topological polar surface area (TPSA) is 37.3 Å². The van der Waals surface area contributed by atoms with Crippen molar-refractivity contribution in [2.45, 2.75) is 61.0 Å². The lowest BCUT2D eigenvalue weighted by atomic mass is 9.68. The second-order valence-electron chi connectivity index (χ2n) is 6.59. The zero-order valence-corrected chi connectivity index (χ0v) is 14.2. The van der Waals surface area contributed by atoms with Gasteiger partial charge in [0.25, 0.3) is 0 Å². The first-order valence-corrected chi connectivity index (χ1v) is 7.23. The number of carbonyl (C=O) groups excluding carboxylic acids is 1. The van der Waals surface area contributed by atoms with E-state index in [9.17, 15) is 9.90 Å². The highest BCUT2D eigenvalue weighted by Gasteiger charge is 2.43. The molecule has 2 heteroatoms. The van der Waals surface area contributed by atoms with Crippen molar-refractivity contribution in [3.05, 3.63) is 35.5 Å². The largest absolute Gasteiger partial charge is 0.389 e. The average molecular weight is 278 g/mol. The van der Waals surface area contributed by atoms with Crippen molar-refractivity contribution in [3.8, 4) is 0 Å². The zero-order chi connectivity index (χ0) is 16.1. The molecule has 0 radical (unpaired) electrons. The van der Waals surface area contributed by atoms with Gasteiger partial charge in [0, 0.05) is 11.5 Å². The maximum atomic E-state index is 12.6. The Morgan fingerprint density at radius 3 is 1.90 bits per heavy atom. The number of ketones is 1. The van der Waals surface area contributed by atoms with Crippen molar-refractivity contribution in [3.63, 3.8) is 0 Å². The second kappa shape index (κ2) is 7.03. The summed E-state index contributed by atoms with van der Waals surface area (Å²) in [5, 5.41) is 10.7. The molecule has 0 aliphatic heterocycles. The molecule has 2 unspecified atom stereocenters. The molecule has 0 aliphatic rings. The molecule has 0 saturated heterocycles. The van der Waals surface area contributed by atoms with Crippen LogP contribution in [0.1, 0.15) is 55.4 Å². The Hall–Kier alpha value is -1.15. The van der Waals surface area contributed by atoms with Gasteiger partial charge in [0.05, 0.1) is 5.60 Å². The van der Waals surface area contributed by atoms with Crippen LogP contribution in [0.2, 0.25) is 0 Å². The fourth-order valence-electron chi connectivity index (χ4n) is 1.79. The van der Waals surface area contributed by atoms with Crippen molar-refractivity contribution >= 4 is 5.78 Å². The Morgan fingerprint density at radius 2 is 1.55 bits per heavy atom. The molecule has 0 amide bonds. The van der Waals surface area contributed by atoms with Crippen LogP contribution in [0.4, 0.5) is 0 Å². The summed E-state index contributed by atoms with van der Waals surface area (Å²) in [5.41, 5.74) is 0.335. The van der Waals surface area contributed by atoms with E-state index >= 15 is 0 Å². The molecule has 0 fully saturated rings. The SMILES string of the molecule is C\C=C(C)/C=C\C(=C\C)C(=O)C(C)C(C)(O)C(C)(C)C. The Kier molecular flexibility index (Phi) is 6.63. The van der Waals surface area contributed by atoms with E-state index in [1.54, 1.807) is 19.9 Å². The van der Waals surface area contributed by atoms with E-state index in [0.29, 0.717) is 5.57 Å². The van der Waals surface area contributed by atoms with E-state index in [4.69, 9.17) is 0 Å². The number of aliphatic hydroxyl groups is 1. The molecule has 0 bridgehead atoms. The third-order valence-corrected chi connectivity index (χ3v) is 4.33. The van der Waals surface area contributed by atoms with Crippen LogP contribution in [-0.2, 0) is 4.79 Å². The highest BCUT2D eigenvalue weighted by molar-refractivity contribution is 6.00. The molecule has 0 aromatic heterocycles. The summed E-state index contributed by atoms with van der Waals surface area (Å²) in [5.74, 6) is -0.475. The summed E-state index contributed by atoms with van der Waals surface area (Å²) in [6, 6.07) is 0. The predicted molar refractivity (Wildman–Crippen MR) is 86.6 cm³/mol. The summed E-state index contributed by atoms with van der Waals surface area (Å²) >= 11 is 0. The molecule has 2 atom stereocenters. The predicted octanol–water partition coefficient (Wildman–Crippen LogP) is 4.46. The number of carbonyl (C=O) groups is 1. The van der Waals surface area contributed by atoms with Gasteiger partial charge in [-0.05, 0) is 33.1 Å². The molecule has 0 saturated carbocycles. The van der Waals surface area contributed by atoms with Gasteiger partial charge >= 0.3 is 0 Å². The van der Waals surface area contributed by atoms with E-state index in [-0.39, 0.29) is 11.2 Å². The molecule has 20 heavy (non-hydrogen) atoms. The highest BCUT2D eigenvalue weighted by Crippen LogP contribution is 2.37. The third kappa shape index (κ3) is 4.45. The lowest BCUT2D eigenvalue weighted by Crippen LogP contribution is -2.48. The molecule has 0 aromatic carbocycles. The fraction of sp³-hybridized carbons (Fsp3) is 0.611. The van der Waals surface area contributed by atoms with Crippen LogP contribution in [0, 0.1) is 11.3 Å². The van der Waals surface area contributed by atoms with Crippen LogP contribution < -0.4 is 0 Å². The minimum atomic E-state index is -1.05. The summed E-state index contributed by atoms with van der Waals surface area (Å²) in [4.78, 5) is 12.6. The van der Waals surface area contributed by atoms with Crippen molar-refractivity contribution in [2.24, 2.45) is 11.3 Å². The minimum Gasteiger partial charge on any atom is -0.389 e. The van der Waals surface area contributed by atoms with Gasteiger partial charge in [-0.15, -0.1) is 0 Å². The Morgan fingerprint density at radius 1 is 1.05 bits per heavy atom. The van der Waals surface area contributed by atoms with E-state index < -0.39 is 11.5 Å². The maximum absolute atomic E-state index is 12.6. The van der Waals surface area contributed by atoms with E-state index in [2.05, 4.69) is 0 Å². The van der Waals surface area contributed by atoms with E-state index in [0.717, 1.165) is 5.57 Å². The first-order valence-electron chi connectivity index (χ1n) is 7.23. The van der Waals surface area contributed by atoms with Crippen LogP contribution >= 0.6 is 0 Å². The van der Waals surface area contributed by atoms with E-state index in [1.165, 1.54) is 0 Å². The fourth-order valence-corrected chi connectivity index (χ4v) is 1.79. The molecule has 0 heterocycles. The molecule has 114 valence electrons. The van der Waals surface area contributed by atoms with Gasteiger partial charge in [0.1, 0.15) is 0 Å². The minimum absolute atomic E-state index is 0.0208. The third-order valence-electron chi connectivity index (χ3n) is 4.33. The molecule has 1 N–H and O–H groups in total. The van der Waals surface area contributed by atoms with E-state index in [1.807, 2.05) is 59.8 Å². The van der Waals surface area contributed by atoms with Crippen molar-refractivity contribution in [1.29, 1.82) is 0 Å². The number of Topliss-reactive ketones (excluding diaryl/α,β-unsaturated/α-hetero) is 1. The number of hydrogen-bond acceptors (Lipinski definition) is 2. The Bertz CT molecular complexity index is 429. The molecular weight excluding hydrogens is 248 g/mol. The summed E-state index contributed by atoms with van der Waals surface area (Å²) in [7, 11) is 0. The molecule has 2 nitrogen and oxygen atoms in total. The van der Waals surface area contributed by atoms with Gasteiger partial charge in [0.15, 0.2) is 5.78 Å². The maximum Gasteiger partial charge on any atom is 0.168 e. The summed E-state index contributed by atoms with van der Waals surface area (Å²) < 4.78 is 0. The first-order chi connectivity index (χ1) is 8.98. The normalized spacial score (nSPS) is 19.1. The van der Waals surface area contributed by atoms with Gasteiger partial charge in [-0.25, -0.2) is 0 Å². The van der Waals surface area contributed by atoms with Crippen molar-refractivity contribution in [1.82, 2.24) is 0 Å². The van der Waals surface area contributed by atoms with Crippen LogP contribution in [0.3, 0.4) is 0 Å². The lowest BCUT2D eigenvalue weighted by molar-refractivity contribution is -0.136. The van der Waals surface area contributed by atoms with Crippen LogP contribution in [0.5, 0.6) is 0 Å². The van der Waals surface area contributed by atoms with Crippen molar-refractivity contribution < 1.29 is 9.90 Å². The number of rotatable bonds is 5. The molecule has 0 rings (SSSR count). The number of allylic oxidation sites excluding steroid dienone is 6. The average Bonchev–Trinajstić information content (AvgIpc) is 2.36. The van der Waals surface area contributed by atoms with Crippen LogP contribution in [0.25, 0.3) is 0 Å². The van der Waals surface area contributed by atoms with Gasteiger partial charge in [-0.1, -0.05) is 57.6 Å². The van der Waals surface area contributed by atoms with Gasteiger partial charge in [-0.2, -0.15) is 0 Å². The first kappa shape index (κ1) is 18.9. The molecule has 0 aliphatic carbocycles. The van der Waals surface area contributed by atoms with Gasteiger partial charge < -0.3 is 5.11 Å². The molecular formula is C18H30O2. The van der Waals surface area contributed by atoms with Crippen LogP contribution in [-0.4, -0.2) is 16.5 Å². The summed E-state index contributed by atoms with van der Waals surface area (Å²) in [6.07, 6.45) is 7.54. The quantitative estimate of drug-likeness (QED) is 0.595. The standard InChI is InChI=1S/C18H30O2/c1-9-13(3)11-12-15(10-2)16(19)14(4)18(8,20)17(5,6)7/h9-12,14,20H,1-8H3/b12-11-,13-9-,15-10-. The second-order valence-corrected chi connectivity index (χ2v) is 6.59. The monoisotopic (exact) mass is 278 g/mol. The zero-order valence-electron chi connectivity index (χ0n) is 14.2. The van der Waals surface area contributed by atoms with Crippen LogP contribution in [0.15, 0.2) is 35.5 Å². The number of hydrogen-bond donors (Lipinski definition) is 1. The lowest BCUT2D eigenvalue weighted by Gasteiger charge is -2.41. The molecule has 0 spiro atoms. The summed E-state index contributed by atoms with van der Waals surface area (Å²) in [6.45, 7) is 15.2. The Labute approximate surface area is 124 Å². The smallest absolute Gasteiger partial charge is 0.168 e. The molecule has 0 aromatic rings. The van der Waals surface area contributed by atoms with Crippen molar-refractivity contribution in [2.75, 3.05) is 0 Å². The highest BCUT2D eigenvalue weighted by atomic mass is 16.3. The van der Waals surface area contributed by atoms with Gasteiger partial charge in [-0.3, -0.25) is 4.79 Å². The Balaban J connectivity index is 5.29. The van der Waals surface area contributed by atoms with Gasteiger partial charge in [0.2, 0.25) is 0 Å².